The van der Waals surface area contributed by atoms with Crippen molar-refractivity contribution in [2.45, 2.75) is 17.3 Å². The SMILES string of the molecule is CC(Sc1nnc(-c2ccco2)n1-c1ccccc1)C(=O)Nc1cccc(Cl)c1Cl. The Bertz CT molecular complexity index is 1160. The predicted octanol–water partition coefficient (Wildman–Crippen LogP) is 5.95. The van der Waals surface area contributed by atoms with E-state index in [1.807, 2.05) is 41.0 Å². The van der Waals surface area contributed by atoms with E-state index in [1.54, 1.807) is 37.5 Å². The Morgan fingerprint density at radius 2 is 1.87 bits per heavy atom. The molecule has 2 aromatic carbocycles. The van der Waals surface area contributed by atoms with Crippen LogP contribution in [0.4, 0.5) is 5.69 Å². The minimum Gasteiger partial charge on any atom is -0.461 e. The van der Waals surface area contributed by atoms with Crippen molar-refractivity contribution in [1.29, 1.82) is 0 Å². The molecule has 4 aromatic rings. The second-order valence-electron chi connectivity index (χ2n) is 6.31. The summed E-state index contributed by atoms with van der Waals surface area (Å²) in [5.74, 6) is 0.909. The maximum Gasteiger partial charge on any atom is 0.237 e. The molecule has 0 saturated heterocycles. The molecule has 1 unspecified atom stereocenters. The summed E-state index contributed by atoms with van der Waals surface area (Å²) < 4.78 is 7.37. The number of carbonyl (C=O) groups excluding carboxylic acids is 1. The predicted molar refractivity (Wildman–Crippen MR) is 119 cm³/mol. The molecule has 0 aliphatic rings. The molecule has 0 saturated carbocycles. The zero-order valence-electron chi connectivity index (χ0n) is 15.8. The number of thioether (sulfide) groups is 1. The summed E-state index contributed by atoms with van der Waals surface area (Å²) in [6.45, 7) is 1.79. The third kappa shape index (κ3) is 4.23. The van der Waals surface area contributed by atoms with Crippen molar-refractivity contribution in [3.05, 3.63) is 77.0 Å². The monoisotopic (exact) mass is 458 g/mol. The van der Waals surface area contributed by atoms with Gasteiger partial charge in [0.25, 0.3) is 0 Å². The van der Waals surface area contributed by atoms with Gasteiger partial charge in [-0.2, -0.15) is 0 Å². The standard InChI is InChI=1S/C21H16Cl2N4O2S/c1-13(20(28)24-16-10-5-9-15(22)18(16)23)30-21-26-25-19(17-11-6-12-29-17)27(21)14-7-3-2-4-8-14/h2-13H,1H3,(H,24,28). The number of anilines is 1. The van der Waals surface area contributed by atoms with Gasteiger partial charge in [0.2, 0.25) is 11.7 Å². The summed E-state index contributed by atoms with van der Waals surface area (Å²) >= 11 is 13.5. The van der Waals surface area contributed by atoms with Crippen molar-refractivity contribution in [2.75, 3.05) is 5.32 Å². The number of para-hydroxylation sites is 1. The highest BCUT2D eigenvalue weighted by atomic mass is 35.5. The van der Waals surface area contributed by atoms with E-state index in [0.29, 0.717) is 32.5 Å². The van der Waals surface area contributed by atoms with Crippen LogP contribution in [0.5, 0.6) is 0 Å². The normalized spacial score (nSPS) is 12.0. The number of hydrogen-bond acceptors (Lipinski definition) is 5. The van der Waals surface area contributed by atoms with Crippen molar-refractivity contribution in [1.82, 2.24) is 14.8 Å². The number of rotatable bonds is 6. The van der Waals surface area contributed by atoms with E-state index in [2.05, 4.69) is 15.5 Å². The van der Waals surface area contributed by atoms with Gasteiger partial charge < -0.3 is 9.73 Å². The highest BCUT2D eigenvalue weighted by molar-refractivity contribution is 8.00. The Hall–Kier alpha value is -2.74. The molecule has 1 atom stereocenters. The van der Waals surface area contributed by atoms with E-state index < -0.39 is 5.25 Å². The number of furan rings is 1. The van der Waals surface area contributed by atoms with Crippen molar-refractivity contribution < 1.29 is 9.21 Å². The first-order chi connectivity index (χ1) is 14.5. The summed E-state index contributed by atoms with van der Waals surface area (Å²) in [4.78, 5) is 12.8. The quantitative estimate of drug-likeness (QED) is 0.361. The number of carbonyl (C=O) groups is 1. The zero-order valence-corrected chi connectivity index (χ0v) is 18.1. The highest BCUT2D eigenvalue weighted by Crippen LogP contribution is 2.32. The minimum atomic E-state index is -0.476. The molecular weight excluding hydrogens is 443 g/mol. The number of aromatic nitrogens is 3. The lowest BCUT2D eigenvalue weighted by molar-refractivity contribution is -0.115. The molecule has 0 aliphatic heterocycles. The molecule has 0 radical (unpaired) electrons. The molecule has 4 rings (SSSR count). The second-order valence-corrected chi connectivity index (χ2v) is 8.40. The molecule has 0 aliphatic carbocycles. The molecule has 2 aromatic heterocycles. The van der Waals surface area contributed by atoms with E-state index >= 15 is 0 Å². The van der Waals surface area contributed by atoms with Gasteiger partial charge >= 0.3 is 0 Å². The molecule has 1 amide bonds. The van der Waals surface area contributed by atoms with Crippen LogP contribution in [0.15, 0.2) is 76.5 Å². The average Bonchev–Trinajstić information content (AvgIpc) is 3.42. The molecule has 0 fully saturated rings. The van der Waals surface area contributed by atoms with Gasteiger partial charge in [0.15, 0.2) is 10.9 Å². The topological polar surface area (TPSA) is 73.0 Å². The number of hydrogen-bond donors (Lipinski definition) is 1. The maximum absolute atomic E-state index is 12.8. The van der Waals surface area contributed by atoms with Gasteiger partial charge in [-0.15, -0.1) is 10.2 Å². The molecule has 0 bridgehead atoms. The van der Waals surface area contributed by atoms with Crippen LogP contribution in [-0.4, -0.2) is 25.9 Å². The lowest BCUT2D eigenvalue weighted by Crippen LogP contribution is -2.23. The second kappa shape index (κ2) is 8.95. The highest BCUT2D eigenvalue weighted by Gasteiger charge is 2.23. The van der Waals surface area contributed by atoms with Gasteiger partial charge in [0.1, 0.15) is 0 Å². The summed E-state index contributed by atoms with van der Waals surface area (Å²) in [6, 6.07) is 18.3. The number of benzene rings is 2. The van der Waals surface area contributed by atoms with Gasteiger partial charge in [0, 0.05) is 5.69 Å². The van der Waals surface area contributed by atoms with Gasteiger partial charge in [0.05, 0.1) is 27.2 Å². The van der Waals surface area contributed by atoms with Crippen LogP contribution in [0, 0.1) is 0 Å². The zero-order chi connectivity index (χ0) is 21.1. The van der Waals surface area contributed by atoms with Crippen molar-refractivity contribution in [3.8, 4) is 17.3 Å². The third-order valence-electron chi connectivity index (χ3n) is 4.25. The molecule has 6 nitrogen and oxygen atoms in total. The van der Waals surface area contributed by atoms with Crippen LogP contribution in [0.3, 0.4) is 0 Å². The molecular formula is C21H16Cl2N4O2S. The molecule has 152 valence electrons. The van der Waals surface area contributed by atoms with Crippen LogP contribution in [-0.2, 0) is 4.79 Å². The number of amides is 1. The van der Waals surface area contributed by atoms with Crippen LogP contribution < -0.4 is 5.32 Å². The lowest BCUT2D eigenvalue weighted by atomic mass is 10.3. The van der Waals surface area contributed by atoms with Gasteiger partial charge in [-0.05, 0) is 43.3 Å². The molecule has 30 heavy (non-hydrogen) atoms. The van der Waals surface area contributed by atoms with Gasteiger partial charge in [-0.25, -0.2) is 0 Å². The molecule has 2 heterocycles. The smallest absolute Gasteiger partial charge is 0.237 e. The van der Waals surface area contributed by atoms with Crippen LogP contribution in [0.25, 0.3) is 17.3 Å². The van der Waals surface area contributed by atoms with Crippen LogP contribution >= 0.6 is 35.0 Å². The Balaban J connectivity index is 1.61. The molecule has 1 N–H and O–H groups in total. The summed E-state index contributed by atoms with van der Waals surface area (Å²) in [5.41, 5.74) is 1.32. The fourth-order valence-corrected chi connectivity index (χ4v) is 3.98. The summed E-state index contributed by atoms with van der Waals surface area (Å²) in [6.07, 6.45) is 1.58. The van der Waals surface area contributed by atoms with Crippen molar-refractivity contribution >= 4 is 46.6 Å². The van der Waals surface area contributed by atoms with E-state index in [9.17, 15) is 4.79 Å². The maximum atomic E-state index is 12.8. The fraction of sp³-hybridized carbons (Fsp3) is 0.0952. The van der Waals surface area contributed by atoms with Gasteiger partial charge in [-0.3, -0.25) is 9.36 Å². The first-order valence-electron chi connectivity index (χ1n) is 9.01. The summed E-state index contributed by atoms with van der Waals surface area (Å²) in [7, 11) is 0. The Morgan fingerprint density at radius 1 is 1.07 bits per heavy atom. The third-order valence-corrected chi connectivity index (χ3v) is 6.11. The Labute approximate surface area is 187 Å². The Kier molecular flexibility index (Phi) is 6.13. The van der Waals surface area contributed by atoms with Gasteiger partial charge in [-0.1, -0.05) is 59.2 Å². The first-order valence-corrected chi connectivity index (χ1v) is 10.6. The number of halogens is 2. The molecule has 0 spiro atoms. The Morgan fingerprint density at radius 3 is 2.60 bits per heavy atom. The van der Waals surface area contributed by atoms with E-state index in [-0.39, 0.29) is 5.91 Å². The van der Waals surface area contributed by atoms with Crippen LogP contribution in [0.1, 0.15) is 6.92 Å². The van der Waals surface area contributed by atoms with E-state index in [0.717, 1.165) is 5.69 Å². The average molecular weight is 459 g/mol. The van der Waals surface area contributed by atoms with Crippen molar-refractivity contribution in [3.63, 3.8) is 0 Å². The fourth-order valence-electron chi connectivity index (χ4n) is 2.77. The van der Waals surface area contributed by atoms with Crippen molar-refractivity contribution in [2.24, 2.45) is 0 Å². The molecule has 9 heteroatoms. The van der Waals surface area contributed by atoms with E-state index in [4.69, 9.17) is 27.6 Å². The lowest BCUT2D eigenvalue weighted by Gasteiger charge is -2.14. The number of nitrogens with zero attached hydrogens (tertiary/aromatic N) is 3. The van der Waals surface area contributed by atoms with E-state index in [1.165, 1.54) is 11.8 Å². The minimum absolute atomic E-state index is 0.230. The largest absolute Gasteiger partial charge is 0.461 e. The summed E-state index contributed by atoms with van der Waals surface area (Å²) in [5, 5.41) is 12.2. The first kappa shape index (κ1) is 20.5. The number of nitrogens with one attached hydrogen (secondary N) is 1. The van der Waals surface area contributed by atoms with Crippen LogP contribution in [0.2, 0.25) is 10.0 Å².